The molecule has 1 fully saturated rings. The van der Waals surface area contributed by atoms with Crippen molar-refractivity contribution in [3.8, 4) is 0 Å². The van der Waals surface area contributed by atoms with Crippen LogP contribution < -0.4 is 10.2 Å². The molecule has 9 heteroatoms. The summed E-state index contributed by atoms with van der Waals surface area (Å²) in [6.45, 7) is 0. The number of nitrogens with zero attached hydrogens (tertiary/aromatic N) is 2. The summed E-state index contributed by atoms with van der Waals surface area (Å²) in [4.78, 5) is 56.4. The molecule has 0 unspecified atom stereocenters. The van der Waals surface area contributed by atoms with Crippen LogP contribution in [0.4, 0.5) is 21.5 Å². The zero-order valence-corrected chi connectivity index (χ0v) is 21.9. The van der Waals surface area contributed by atoms with Gasteiger partial charge in [0.2, 0.25) is 5.91 Å². The Hall–Kier alpha value is -5.44. The van der Waals surface area contributed by atoms with Crippen molar-refractivity contribution in [1.29, 1.82) is 0 Å². The molecule has 0 aromatic heterocycles. The summed E-state index contributed by atoms with van der Waals surface area (Å²) in [5.41, 5.74) is 0.940. The van der Waals surface area contributed by atoms with E-state index in [2.05, 4.69) is 5.32 Å². The Morgan fingerprint density at radius 1 is 0.881 bits per heavy atom. The molecule has 0 bridgehead atoms. The van der Waals surface area contributed by atoms with Crippen LogP contribution in [0.5, 0.6) is 0 Å². The number of nitrogens with one attached hydrogen (secondary N) is 1. The van der Waals surface area contributed by atoms with Gasteiger partial charge >= 0.3 is 0 Å². The van der Waals surface area contributed by atoms with E-state index < -0.39 is 51.6 Å². The van der Waals surface area contributed by atoms with Gasteiger partial charge in [0.25, 0.3) is 5.69 Å². The summed E-state index contributed by atoms with van der Waals surface area (Å²) in [6, 6.07) is 22.9. The van der Waals surface area contributed by atoms with Crippen LogP contribution in [0.3, 0.4) is 0 Å². The number of nitro benzene ring substituents is 1. The number of para-hydroxylation sites is 2. The molecule has 4 aromatic rings. The van der Waals surface area contributed by atoms with E-state index in [-0.39, 0.29) is 16.8 Å². The van der Waals surface area contributed by atoms with Gasteiger partial charge in [0.05, 0.1) is 16.9 Å². The maximum atomic E-state index is 14.6. The molecule has 4 aromatic carbocycles. The number of carbonyl (C=O) groups excluding carboxylic acids is 3. The van der Waals surface area contributed by atoms with Gasteiger partial charge in [0.15, 0.2) is 11.6 Å². The highest BCUT2D eigenvalue weighted by molar-refractivity contribution is 6.18. The van der Waals surface area contributed by atoms with E-state index in [9.17, 15) is 28.9 Å². The second kappa shape index (κ2) is 9.31. The summed E-state index contributed by atoms with van der Waals surface area (Å²) in [6.07, 6.45) is 3.72. The first kappa shape index (κ1) is 25.5. The molecule has 1 amide bonds. The predicted octanol–water partition coefficient (Wildman–Crippen LogP) is 5.59. The standard InChI is InChI=1S/C33H22FN3O5/c34-22-15-12-20(13-16-22)30(38)28-29(31(39)21-7-5-8-23(18-21)37(41)42)36-26-11-4-1-6-19(26)14-17-27(36)33(28)24-9-2-3-10-25(24)35-32(33)40/h1-18,27-29H,(H,35,40)/t27-,28-,29+,33+/m1/s1. The van der Waals surface area contributed by atoms with Crippen molar-refractivity contribution < 1.29 is 23.7 Å². The zero-order chi connectivity index (χ0) is 29.2. The van der Waals surface area contributed by atoms with Crippen LogP contribution in [0.2, 0.25) is 0 Å². The number of fused-ring (bicyclic) bond motifs is 6. The number of nitro groups is 1. The monoisotopic (exact) mass is 559 g/mol. The molecule has 3 aliphatic heterocycles. The Kier molecular flexibility index (Phi) is 5.65. The minimum Gasteiger partial charge on any atom is -0.352 e. The van der Waals surface area contributed by atoms with Crippen LogP contribution in [0.15, 0.2) is 103 Å². The van der Waals surface area contributed by atoms with Crippen LogP contribution in [0.25, 0.3) is 6.08 Å². The Morgan fingerprint density at radius 2 is 1.62 bits per heavy atom. The lowest BCUT2D eigenvalue weighted by Gasteiger charge is -2.37. The molecule has 3 aliphatic rings. The SMILES string of the molecule is O=C(c1cccc([N+](=O)[O-])c1)[C@@H]1[C@H](C(=O)c2ccc(F)cc2)[C@@]2(C(=O)Nc3ccccc32)[C@H]2C=Cc3ccccc3N12. The first-order valence-electron chi connectivity index (χ1n) is 13.4. The van der Waals surface area contributed by atoms with E-state index in [1.165, 1.54) is 36.4 Å². The zero-order valence-electron chi connectivity index (χ0n) is 21.9. The van der Waals surface area contributed by atoms with Gasteiger partial charge in [-0.15, -0.1) is 0 Å². The lowest BCUT2D eigenvalue weighted by Crippen LogP contribution is -2.51. The van der Waals surface area contributed by atoms with E-state index in [4.69, 9.17) is 0 Å². The number of non-ortho nitro benzene ring substituents is 1. The predicted molar refractivity (Wildman–Crippen MR) is 154 cm³/mol. The maximum Gasteiger partial charge on any atom is 0.270 e. The Bertz CT molecular complexity index is 1850. The fraction of sp³-hybridized carbons (Fsp3) is 0.121. The van der Waals surface area contributed by atoms with E-state index >= 15 is 0 Å². The highest BCUT2D eigenvalue weighted by atomic mass is 19.1. The van der Waals surface area contributed by atoms with Crippen LogP contribution in [-0.2, 0) is 10.2 Å². The number of benzene rings is 4. The van der Waals surface area contributed by atoms with Crippen LogP contribution in [0.1, 0.15) is 31.8 Å². The molecule has 7 rings (SSSR count). The smallest absolute Gasteiger partial charge is 0.270 e. The molecule has 1 saturated heterocycles. The number of amides is 1. The second-order valence-electron chi connectivity index (χ2n) is 10.6. The molecule has 1 N–H and O–H groups in total. The summed E-state index contributed by atoms with van der Waals surface area (Å²) in [7, 11) is 0. The van der Waals surface area contributed by atoms with Gasteiger partial charge in [0.1, 0.15) is 17.3 Å². The van der Waals surface area contributed by atoms with Crippen LogP contribution >= 0.6 is 0 Å². The van der Waals surface area contributed by atoms with Gasteiger partial charge in [0, 0.05) is 34.6 Å². The highest BCUT2D eigenvalue weighted by Gasteiger charge is 2.70. The van der Waals surface area contributed by atoms with Crippen molar-refractivity contribution in [2.75, 3.05) is 10.2 Å². The molecule has 8 nitrogen and oxygen atoms in total. The van der Waals surface area contributed by atoms with E-state index in [1.54, 1.807) is 24.3 Å². The number of anilines is 2. The average molecular weight is 560 g/mol. The van der Waals surface area contributed by atoms with Crippen LogP contribution in [-0.4, -0.2) is 34.5 Å². The van der Waals surface area contributed by atoms with Crippen molar-refractivity contribution in [2.45, 2.75) is 17.5 Å². The van der Waals surface area contributed by atoms with Gasteiger partial charge in [-0.2, -0.15) is 0 Å². The van der Waals surface area contributed by atoms with Gasteiger partial charge < -0.3 is 10.2 Å². The van der Waals surface area contributed by atoms with Gasteiger partial charge in [-0.3, -0.25) is 24.5 Å². The molecule has 42 heavy (non-hydrogen) atoms. The van der Waals surface area contributed by atoms with Crippen molar-refractivity contribution in [1.82, 2.24) is 0 Å². The van der Waals surface area contributed by atoms with E-state index in [1.807, 2.05) is 41.3 Å². The quantitative estimate of drug-likeness (QED) is 0.194. The fourth-order valence-corrected chi connectivity index (χ4v) is 6.86. The molecule has 0 saturated carbocycles. The third-order valence-electron chi connectivity index (χ3n) is 8.56. The normalized spacial score (nSPS) is 23.2. The minimum absolute atomic E-state index is 0.0423. The van der Waals surface area contributed by atoms with Gasteiger partial charge in [-0.25, -0.2) is 4.39 Å². The number of hydrogen-bond donors (Lipinski definition) is 1. The maximum absolute atomic E-state index is 14.6. The first-order valence-corrected chi connectivity index (χ1v) is 13.4. The first-order chi connectivity index (χ1) is 20.3. The Balaban J connectivity index is 1.53. The van der Waals surface area contributed by atoms with Gasteiger partial charge in [-0.1, -0.05) is 60.7 Å². The number of Topliss-reactive ketones (excluding diaryl/α,β-unsaturated/α-hetero) is 2. The lowest BCUT2D eigenvalue weighted by atomic mass is 9.64. The fourth-order valence-electron chi connectivity index (χ4n) is 6.86. The summed E-state index contributed by atoms with van der Waals surface area (Å²) in [5, 5.41) is 14.5. The van der Waals surface area contributed by atoms with Crippen molar-refractivity contribution in [3.05, 3.63) is 141 Å². The summed E-state index contributed by atoms with van der Waals surface area (Å²) in [5.74, 6) is -3.28. The Labute approximate surface area is 239 Å². The third-order valence-corrected chi connectivity index (χ3v) is 8.56. The third kappa shape index (κ3) is 3.49. The topological polar surface area (TPSA) is 110 Å². The molecule has 3 heterocycles. The average Bonchev–Trinajstić information content (AvgIpc) is 3.49. The van der Waals surface area contributed by atoms with Crippen molar-refractivity contribution in [3.63, 3.8) is 0 Å². The number of halogens is 1. The van der Waals surface area contributed by atoms with E-state index in [0.29, 0.717) is 16.9 Å². The van der Waals surface area contributed by atoms with Crippen molar-refractivity contribution in [2.24, 2.45) is 5.92 Å². The molecule has 0 aliphatic carbocycles. The van der Waals surface area contributed by atoms with E-state index in [0.717, 1.165) is 17.7 Å². The van der Waals surface area contributed by atoms with Crippen molar-refractivity contribution >= 4 is 40.6 Å². The number of ketones is 2. The Morgan fingerprint density at radius 3 is 2.40 bits per heavy atom. The summed E-state index contributed by atoms with van der Waals surface area (Å²) < 4.78 is 13.9. The highest BCUT2D eigenvalue weighted by Crippen LogP contribution is 2.58. The molecule has 4 atom stereocenters. The minimum atomic E-state index is -1.53. The number of hydrogen-bond acceptors (Lipinski definition) is 6. The molecule has 206 valence electrons. The molecule has 1 spiro atoms. The van der Waals surface area contributed by atoms with Gasteiger partial charge in [-0.05, 0) is 47.5 Å². The molecular weight excluding hydrogens is 537 g/mol. The molecule has 0 radical (unpaired) electrons. The van der Waals surface area contributed by atoms with Crippen LogP contribution in [0, 0.1) is 21.8 Å². The number of rotatable bonds is 5. The largest absolute Gasteiger partial charge is 0.352 e. The lowest BCUT2D eigenvalue weighted by molar-refractivity contribution is -0.384. The second-order valence-corrected chi connectivity index (χ2v) is 10.6. The number of carbonyl (C=O) groups is 3. The summed E-state index contributed by atoms with van der Waals surface area (Å²) >= 11 is 0. The molecular formula is C33H22FN3O5.